The van der Waals surface area contributed by atoms with Crippen LogP contribution in [0.25, 0.3) is 0 Å². The molecule has 1 nitrogen and oxygen atoms in total. The van der Waals surface area contributed by atoms with Gasteiger partial charge in [-0.25, -0.2) is 0 Å². The second-order valence-corrected chi connectivity index (χ2v) is 5.71. The number of allylic oxidation sites excluding steroid dienone is 4. The predicted octanol–water partition coefficient (Wildman–Crippen LogP) is 2.31. The van der Waals surface area contributed by atoms with Crippen molar-refractivity contribution in [2.45, 2.75) is 19.3 Å². The van der Waals surface area contributed by atoms with Crippen molar-refractivity contribution in [2.24, 2.45) is 0 Å². The van der Waals surface area contributed by atoms with Gasteiger partial charge in [-0.05, 0) is 53.5 Å². The molecule has 1 aliphatic heterocycles. The Hall–Kier alpha value is -0.630. The molecule has 1 heterocycles. The molecule has 2 aliphatic rings. The quantitative estimate of drug-likeness (QED) is 0.541. The maximum atomic E-state index is 10.9. The Labute approximate surface area is 81.5 Å². The molecule has 0 radical (unpaired) electrons. The van der Waals surface area contributed by atoms with Gasteiger partial charge in [0.2, 0.25) is 0 Å². The van der Waals surface area contributed by atoms with Crippen LogP contribution >= 0.6 is 10.5 Å². The summed E-state index contributed by atoms with van der Waals surface area (Å²) in [5.74, 6) is 2.79. The Morgan fingerprint density at radius 3 is 2.15 bits per heavy atom. The van der Waals surface area contributed by atoms with E-state index >= 15 is 0 Å². The number of carbonyl (C=O) groups is 1. The van der Waals surface area contributed by atoms with Crippen LogP contribution in [-0.4, -0.2) is 22.2 Å². The van der Waals surface area contributed by atoms with Gasteiger partial charge in [0.05, 0.1) is 0 Å². The SMILES string of the molecule is O=C1C=CC(=S2CCCCC2)C=C1. The molecule has 70 valence electrons. The van der Waals surface area contributed by atoms with Gasteiger partial charge in [0, 0.05) is 0 Å². The van der Waals surface area contributed by atoms with Crippen LogP contribution in [0, 0.1) is 0 Å². The van der Waals surface area contributed by atoms with Crippen molar-refractivity contribution < 1.29 is 4.79 Å². The van der Waals surface area contributed by atoms with Crippen LogP contribution in [0.5, 0.6) is 0 Å². The topological polar surface area (TPSA) is 17.1 Å². The molecule has 1 aliphatic carbocycles. The van der Waals surface area contributed by atoms with Crippen molar-refractivity contribution in [2.75, 3.05) is 11.5 Å². The fourth-order valence-corrected chi connectivity index (χ4v) is 4.00. The molecule has 0 aromatic rings. The highest BCUT2D eigenvalue weighted by Gasteiger charge is 2.08. The zero-order valence-electron chi connectivity index (χ0n) is 7.66. The van der Waals surface area contributed by atoms with Crippen LogP contribution < -0.4 is 0 Å². The average Bonchev–Trinajstić information content (AvgIpc) is 2.20. The largest absolute Gasteiger partial charge is 0.290 e. The highest BCUT2D eigenvalue weighted by Crippen LogP contribution is 2.27. The molecule has 0 saturated carbocycles. The monoisotopic (exact) mass is 194 g/mol. The van der Waals surface area contributed by atoms with E-state index in [0.717, 1.165) is 0 Å². The molecule has 13 heavy (non-hydrogen) atoms. The van der Waals surface area contributed by atoms with Gasteiger partial charge in [0.25, 0.3) is 0 Å². The van der Waals surface area contributed by atoms with E-state index in [-0.39, 0.29) is 5.78 Å². The molecule has 0 N–H and O–H groups in total. The smallest absolute Gasteiger partial charge is 0.178 e. The standard InChI is InChI=1S/C11H14OS/c12-10-4-6-11(7-5-10)13-8-2-1-3-9-13/h4-7H,1-3,8-9H2. The minimum atomic E-state index is 0.129. The molecule has 0 atom stereocenters. The summed E-state index contributed by atoms with van der Waals surface area (Å²) in [6.45, 7) is 0. The summed E-state index contributed by atoms with van der Waals surface area (Å²) in [6.07, 6.45) is 11.5. The minimum absolute atomic E-state index is 0.129. The minimum Gasteiger partial charge on any atom is -0.290 e. The van der Waals surface area contributed by atoms with Gasteiger partial charge in [0.1, 0.15) is 0 Å². The van der Waals surface area contributed by atoms with Crippen LogP contribution in [0.3, 0.4) is 0 Å². The zero-order valence-corrected chi connectivity index (χ0v) is 8.48. The van der Waals surface area contributed by atoms with Crippen LogP contribution in [0.15, 0.2) is 24.3 Å². The maximum Gasteiger partial charge on any atom is 0.178 e. The fourth-order valence-electron chi connectivity index (χ4n) is 1.70. The number of hydrogen-bond donors (Lipinski definition) is 0. The van der Waals surface area contributed by atoms with E-state index in [0.29, 0.717) is 10.5 Å². The lowest BCUT2D eigenvalue weighted by atomic mass is 10.2. The average molecular weight is 194 g/mol. The van der Waals surface area contributed by atoms with Gasteiger partial charge in [-0.2, -0.15) is 10.5 Å². The molecule has 1 fully saturated rings. The third-order valence-corrected chi connectivity index (χ3v) is 4.94. The molecule has 1 saturated heterocycles. The lowest BCUT2D eigenvalue weighted by Gasteiger charge is -2.18. The summed E-state index contributed by atoms with van der Waals surface area (Å²) < 4.78 is 0. The first-order valence-corrected chi connectivity index (χ1v) is 6.37. The summed E-state index contributed by atoms with van der Waals surface area (Å²) in [5, 5.41) is 0. The molecule has 0 aromatic heterocycles. The lowest BCUT2D eigenvalue weighted by molar-refractivity contribution is -0.110. The molecule has 0 amide bonds. The molecule has 0 spiro atoms. The summed E-state index contributed by atoms with van der Waals surface area (Å²) in [6, 6.07) is 0. The van der Waals surface area contributed by atoms with E-state index in [4.69, 9.17) is 0 Å². The van der Waals surface area contributed by atoms with Crippen LogP contribution in [0.2, 0.25) is 0 Å². The van der Waals surface area contributed by atoms with Crippen molar-refractivity contribution in [3.8, 4) is 0 Å². The molecule has 2 rings (SSSR count). The van der Waals surface area contributed by atoms with Crippen molar-refractivity contribution in [1.29, 1.82) is 0 Å². The molecular weight excluding hydrogens is 180 g/mol. The summed E-state index contributed by atoms with van der Waals surface area (Å²) in [5.41, 5.74) is 0. The van der Waals surface area contributed by atoms with Crippen LogP contribution in [0.4, 0.5) is 0 Å². The maximum absolute atomic E-state index is 10.9. The summed E-state index contributed by atoms with van der Waals surface area (Å²) in [4.78, 5) is 12.3. The zero-order chi connectivity index (χ0) is 9.10. The Morgan fingerprint density at radius 1 is 0.923 bits per heavy atom. The summed E-state index contributed by atoms with van der Waals surface area (Å²) >= 11 is 0. The van der Waals surface area contributed by atoms with Crippen molar-refractivity contribution in [1.82, 2.24) is 0 Å². The first-order chi connectivity index (χ1) is 6.36. The van der Waals surface area contributed by atoms with Gasteiger partial charge in [0.15, 0.2) is 5.78 Å². The van der Waals surface area contributed by atoms with Gasteiger partial charge in [-0.15, -0.1) is 0 Å². The van der Waals surface area contributed by atoms with Gasteiger partial charge >= 0.3 is 0 Å². The number of rotatable bonds is 0. The van der Waals surface area contributed by atoms with Crippen LogP contribution in [0.1, 0.15) is 19.3 Å². The normalized spacial score (nSPS) is 24.0. The van der Waals surface area contributed by atoms with E-state index in [9.17, 15) is 4.79 Å². The van der Waals surface area contributed by atoms with E-state index < -0.39 is 0 Å². The third kappa shape index (κ3) is 2.19. The second-order valence-electron chi connectivity index (χ2n) is 3.43. The Morgan fingerprint density at radius 2 is 1.54 bits per heavy atom. The molecule has 0 bridgehead atoms. The molecule has 0 aromatic carbocycles. The fraction of sp³-hybridized carbons (Fsp3) is 0.455. The third-order valence-electron chi connectivity index (χ3n) is 2.44. The lowest BCUT2D eigenvalue weighted by Crippen LogP contribution is -2.06. The van der Waals surface area contributed by atoms with Gasteiger partial charge < -0.3 is 0 Å². The number of carbonyl (C=O) groups excluding carboxylic acids is 1. The van der Waals surface area contributed by atoms with E-state index in [1.54, 1.807) is 12.2 Å². The van der Waals surface area contributed by atoms with E-state index in [2.05, 4.69) is 0 Å². The highest BCUT2D eigenvalue weighted by atomic mass is 32.2. The molecule has 2 heteroatoms. The molecule has 0 unspecified atom stereocenters. The number of ketones is 1. The van der Waals surface area contributed by atoms with Crippen molar-refractivity contribution >= 4 is 21.1 Å². The first-order valence-electron chi connectivity index (χ1n) is 4.81. The Balaban J connectivity index is 2.18. The van der Waals surface area contributed by atoms with Crippen molar-refractivity contribution in [3.05, 3.63) is 24.3 Å². The molecular formula is C11H14OS. The van der Waals surface area contributed by atoms with Gasteiger partial charge in [-0.1, -0.05) is 6.42 Å². The Kier molecular flexibility index (Phi) is 2.79. The van der Waals surface area contributed by atoms with E-state index in [1.807, 2.05) is 12.2 Å². The van der Waals surface area contributed by atoms with Crippen LogP contribution in [-0.2, 0) is 4.79 Å². The van der Waals surface area contributed by atoms with E-state index in [1.165, 1.54) is 35.6 Å². The van der Waals surface area contributed by atoms with Crippen molar-refractivity contribution in [3.63, 3.8) is 0 Å². The number of hydrogen-bond acceptors (Lipinski definition) is 1. The second kappa shape index (κ2) is 4.05. The Bertz CT molecular complexity index is 284. The van der Waals surface area contributed by atoms with Gasteiger partial charge in [-0.3, -0.25) is 4.79 Å². The highest BCUT2D eigenvalue weighted by molar-refractivity contribution is 8.16. The summed E-state index contributed by atoms with van der Waals surface area (Å²) in [7, 11) is 0.445. The predicted molar refractivity (Wildman–Crippen MR) is 59.5 cm³/mol. The first kappa shape index (κ1) is 8.95.